The SMILES string of the molecule is CC(=O)N[C@@H]1[C@@H](N=C(N)N)C=C(P(=O)(O)O)O[C@]12O[C@@H]2[C@H](O)CO. The molecule has 0 bridgehead atoms. The molecular formula is C11H19N4O8P. The van der Waals surface area contributed by atoms with Crippen molar-refractivity contribution in [3.8, 4) is 0 Å². The number of nitrogens with two attached hydrogens (primary N) is 2. The fourth-order valence-electron chi connectivity index (χ4n) is 2.53. The highest BCUT2D eigenvalue weighted by molar-refractivity contribution is 7.56. The van der Waals surface area contributed by atoms with E-state index in [0.29, 0.717) is 0 Å². The Balaban J connectivity index is 2.49. The molecule has 0 unspecified atom stereocenters. The topological polar surface area (TPSA) is 213 Å². The molecule has 0 aromatic rings. The fourth-order valence-corrected chi connectivity index (χ4v) is 3.13. The summed E-state index contributed by atoms with van der Waals surface area (Å²) in [6.45, 7) is 0.507. The molecule has 0 aliphatic carbocycles. The van der Waals surface area contributed by atoms with Crippen LogP contribution in [0, 0.1) is 0 Å². The Kier molecular flexibility index (Phi) is 4.91. The third kappa shape index (κ3) is 3.53. The van der Waals surface area contributed by atoms with Crippen molar-refractivity contribution >= 4 is 19.5 Å². The first-order chi connectivity index (χ1) is 11.0. The number of epoxide rings is 1. The average molecular weight is 366 g/mol. The van der Waals surface area contributed by atoms with Gasteiger partial charge in [-0.25, -0.2) is 4.99 Å². The maximum absolute atomic E-state index is 11.5. The minimum atomic E-state index is -4.84. The van der Waals surface area contributed by atoms with Crippen molar-refractivity contribution in [2.45, 2.75) is 37.0 Å². The molecule has 136 valence electrons. The molecule has 0 aromatic carbocycles. The second kappa shape index (κ2) is 6.31. The summed E-state index contributed by atoms with van der Waals surface area (Å²) in [5.74, 6) is -2.73. The Morgan fingerprint density at radius 1 is 1.54 bits per heavy atom. The van der Waals surface area contributed by atoms with E-state index in [0.717, 1.165) is 6.08 Å². The van der Waals surface area contributed by atoms with Gasteiger partial charge in [0.1, 0.15) is 18.2 Å². The molecule has 24 heavy (non-hydrogen) atoms. The predicted molar refractivity (Wildman–Crippen MR) is 79.1 cm³/mol. The molecule has 2 aliphatic rings. The van der Waals surface area contributed by atoms with Crippen molar-refractivity contribution in [3.63, 3.8) is 0 Å². The molecule has 1 fully saturated rings. The highest BCUT2D eigenvalue weighted by Gasteiger charge is 2.71. The second-order valence-electron chi connectivity index (χ2n) is 5.38. The Labute approximate surface area is 136 Å². The van der Waals surface area contributed by atoms with Gasteiger partial charge in [-0.3, -0.25) is 9.36 Å². The molecule has 0 radical (unpaired) electrons. The predicted octanol–water partition coefficient (Wildman–Crippen LogP) is -3.37. The molecule has 13 heteroatoms. The number of aliphatic imine (C=N–C) groups is 1. The van der Waals surface area contributed by atoms with Crippen LogP contribution in [0.4, 0.5) is 0 Å². The molecule has 5 atom stereocenters. The van der Waals surface area contributed by atoms with Gasteiger partial charge >= 0.3 is 7.60 Å². The zero-order valence-corrected chi connectivity index (χ0v) is 13.5. The molecule has 2 heterocycles. The Bertz CT molecular complexity index is 630. The van der Waals surface area contributed by atoms with Gasteiger partial charge in [0.2, 0.25) is 11.4 Å². The number of carbonyl (C=O) groups is 1. The van der Waals surface area contributed by atoms with E-state index in [1.165, 1.54) is 6.92 Å². The third-order valence-electron chi connectivity index (χ3n) is 3.48. The van der Waals surface area contributed by atoms with E-state index in [9.17, 15) is 24.3 Å². The van der Waals surface area contributed by atoms with Crippen molar-refractivity contribution in [1.29, 1.82) is 0 Å². The quantitative estimate of drug-likeness (QED) is 0.111. The van der Waals surface area contributed by atoms with Crippen LogP contribution in [-0.4, -0.2) is 68.6 Å². The van der Waals surface area contributed by atoms with Crippen LogP contribution < -0.4 is 16.8 Å². The summed E-state index contributed by atoms with van der Waals surface area (Å²) in [5, 5.41) is 21.3. The van der Waals surface area contributed by atoms with Crippen LogP contribution in [0.25, 0.3) is 0 Å². The second-order valence-corrected chi connectivity index (χ2v) is 6.91. The summed E-state index contributed by atoms with van der Waals surface area (Å²) >= 11 is 0. The van der Waals surface area contributed by atoms with Crippen LogP contribution in [0.1, 0.15) is 6.92 Å². The van der Waals surface area contributed by atoms with Crippen LogP contribution in [0.2, 0.25) is 0 Å². The number of carbonyl (C=O) groups excluding carboxylic acids is 1. The molecule has 2 aliphatic heterocycles. The van der Waals surface area contributed by atoms with Gasteiger partial charge in [0.15, 0.2) is 12.1 Å². The molecule has 1 amide bonds. The van der Waals surface area contributed by atoms with Crippen molar-refractivity contribution in [1.82, 2.24) is 5.32 Å². The number of aliphatic hydroxyl groups is 2. The third-order valence-corrected chi connectivity index (χ3v) is 4.30. The van der Waals surface area contributed by atoms with E-state index < -0.39 is 61.6 Å². The normalized spacial score (nSPS) is 33.2. The maximum atomic E-state index is 11.5. The molecule has 1 spiro atoms. The van der Waals surface area contributed by atoms with Crippen LogP contribution in [0.15, 0.2) is 16.6 Å². The van der Waals surface area contributed by atoms with Crippen molar-refractivity contribution in [2.75, 3.05) is 6.61 Å². The van der Waals surface area contributed by atoms with Gasteiger partial charge in [0, 0.05) is 6.92 Å². The van der Waals surface area contributed by atoms with Gasteiger partial charge in [-0.2, -0.15) is 0 Å². The van der Waals surface area contributed by atoms with E-state index in [4.69, 9.17) is 26.0 Å². The minimum Gasteiger partial charge on any atom is -0.449 e. The van der Waals surface area contributed by atoms with E-state index in [-0.39, 0.29) is 0 Å². The lowest BCUT2D eigenvalue weighted by Crippen LogP contribution is -2.57. The molecule has 0 saturated carbocycles. The summed E-state index contributed by atoms with van der Waals surface area (Å²) < 4.78 is 22.1. The number of guanidine groups is 1. The lowest BCUT2D eigenvalue weighted by Gasteiger charge is -2.34. The number of nitrogens with one attached hydrogen (secondary N) is 1. The maximum Gasteiger partial charge on any atom is 0.390 e. The highest BCUT2D eigenvalue weighted by Crippen LogP contribution is 2.56. The number of aliphatic hydroxyl groups excluding tert-OH is 2. The van der Waals surface area contributed by atoms with Gasteiger partial charge in [0.05, 0.1) is 6.61 Å². The van der Waals surface area contributed by atoms with Crippen LogP contribution in [-0.2, 0) is 18.8 Å². The highest BCUT2D eigenvalue weighted by atomic mass is 31.2. The summed E-state index contributed by atoms with van der Waals surface area (Å²) in [6.07, 6.45) is -1.58. The minimum absolute atomic E-state index is 0.395. The Hall–Kier alpha value is -1.69. The first-order valence-corrected chi connectivity index (χ1v) is 8.42. The molecular weight excluding hydrogens is 347 g/mol. The van der Waals surface area contributed by atoms with E-state index in [1.54, 1.807) is 0 Å². The number of hydrogen-bond donors (Lipinski definition) is 7. The van der Waals surface area contributed by atoms with Gasteiger partial charge in [-0.15, -0.1) is 0 Å². The number of hydrogen-bond acceptors (Lipinski definition) is 7. The van der Waals surface area contributed by atoms with Gasteiger partial charge in [0.25, 0.3) is 5.79 Å². The van der Waals surface area contributed by atoms with Crippen LogP contribution >= 0.6 is 7.60 Å². The zero-order valence-electron chi connectivity index (χ0n) is 12.6. The molecule has 9 N–H and O–H groups in total. The van der Waals surface area contributed by atoms with Crippen LogP contribution in [0.3, 0.4) is 0 Å². The number of rotatable bonds is 5. The zero-order chi connectivity index (χ0) is 18.3. The van der Waals surface area contributed by atoms with Gasteiger partial charge in [-0.05, 0) is 6.08 Å². The number of nitrogens with zero attached hydrogens (tertiary/aromatic N) is 1. The average Bonchev–Trinajstić information content (AvgIpc) is 3.14. The van der Waals surface area contributed by atoms with Crippen LogP contribution in [0.5, 0.6) is 0 Å². The lowest BCUT2D eigenvalue weighted by atomic mass is 9.95. The fraction of sp³-hybridized carbons (Fsp3) is 0.636. The largest absolute Gasteiger partial charge is 0.449 e. The van der Waals surface area contributed by atoms with Crippen molar-refractivity contribution < 1.29 is 38.8 Å². The first kappa shape index (κ1) is 18.6. The monoisotopic (exact) mass is 366 g/mol. The summed E-state index contributed by atoms with van der Waals surface area (Å²) in [4.78, 5) is 34.0. The molecule has 2 rings (SSSR count). The molecule has 1 saturated heterocycles. The smallest absolute Gasteiger partial charge is 0.390 e. The van der Waals surface area contributed by atoms with E-state index in [1.807, 2.05) is 0 Å². The summed E-state index contributed by atoms with van der Waals surface area (Å²) in [7, 11) is -4.84. The standard InChI is InChI=1S/C11H19N4O8P/c1-4(17)14-8-5(15-10(12)13)2-7(24(19,20)21)22-11(8)9(23-11)6(18)3-16/h2,5-6,8-9,16,18H,3H2,1H3,(H,14,17)(H4,12,13,15)(H2,19,20,21)/t5-,6+,8+,9+,11-/m0/s1. The van der Waals surface area contributed by atoms with Crippen molar-refractivity contribution in [2.24, 2.45) is 16.5 Å². The number of ether oxygens (including phenoxy) is 2. The first-order valence-electron chi connectivity index (χ1n) is 6.80. The summed E-state index contributed by atoms with van der Waals surface area (Å²) in [6, 6.07) is -2.20. The number of amides is 1. The van der Waals surface area contributed by atoms with E-state index in [2.05, 4.69) is 10.3 Å². The Morgan fingerprint density at radius 3 is 2.62 bits per heavy atom. The van der Waals surface area contributed by atoms with Crippen molar-refractivity contribution in [3.05, 3.63) is 11.6 Å². The lowest BCUT2D eigenvalue weighted by molar-refractivity contribution is -0.123. The Morgan fingerprint density at radius 2 is 2.17 bits per heavy atom. The molecule has 0 aromatic heterocycles. The van der Waals surface area contributed by atoms with Gasteiger partial charge in [-0.1, -0.05) is 0 Å². The summed E-state index contributed by atoms with van der Waals surface area (Å²) in [5.41, 5.74) is 9.88. The van der Waals surface area contributed by atoms with E-state index >= 15 is 0 Å². The molecule has 12 nitrogen and oxygen atoms in total. The van der Waals surface area contributed by atoms with Gasteiger partial charge < -0.3 is 46.3 Å².